The predicted octanol–water partition coefficient (Wildman–Crippen LogP) is 1.84. The molecule has 2 atom stereocenters. The molecule has 0 aromatic rings. The van der Waals surface area contributed by atoms with Gasteiger partial charge < -0.3 is 25.8 Å². The predicted molar refractivity (Wildman–Crippen MR) is 101 cm³/mol. The molecule has 9 heteroatoms. The molecule has 0 amide bonds. The third kappa shape index (κ3) is 5.54. The van der Waals surface area contributed by atoms with E-state index in [0.717, 1.165) is 11.1 Å². The van der Waals surface area contributed by atoms with Gasteiger partial charge in [-0.2, -0.15) is 0 Å². The molecule has 0 aliphatic heterocycles. The standard InChI is InChI=1S/C19H29F2N3O4/c1-4-24(12-19(23,11-20)13-9-7-8-10-14(13)21)16(18(26)28-6-3)15(22)17(25)27-5-2/h4,9,14H,1,5-8,10-12,22-23H2,2-3H3/b16-15-/t14-,19?/m0/s1. The minimum atomic E-state index is -1.74. The van der Waals surface area contributed by atoms with Gasteiger partial charge in [0.2, 0.25) is 0 Å². The molecular formula is C19H29F2N3O4. The quantitative estimate of drug-likeness (QED) is 0.327. The molecule has 0 saturated carbocycles. The van der Waals surface area contributed by atoms with Crippen LogP contribution in [0, 0.1) is 0 Å². The molecule has 0 radical (unpaired) electrons. The lowest BCUT2D eigenvalue weighted by Gasteiger charge is -2.37. The van der Waals surface area contributed by atoms with Crippen LogP contribution in [0.25, 0.3) is 0 Å². The van der Waals surface area contributed by atoms with Gasteiger partial charge in [0.05, 0.1) is 18.8 Å². The van der Waals surface area contributed by atoms with Crippen molar-refractivity contribution < 1.29 is 27.8 Å². The highest BCUT2D eigenvalue weighted by molar-refractivity contribution is 5.99. The van der Waals surface area contributed by atoms with Crippen LogP contribution in [0.5, 0.6) is 0 Å². The zero-order valence-electron chi connectivity index (χ0n) is 16.4. The molecule has 7 nitrogen and oxygen atoms in total. The summed E-state index contributed by atoms with van der Waals surface area (Å²) in [5, 5.41) is 0. The van der Waals surface area contributed by atoms with E-state index in [0.29, 0.717) is 12.8 Å². The van der Waals surface area contributed by atoms with E-state index in [-0.39, 0.29) is 37.4 Å². The molecule has 158 valence electrons. The van der Waals surface area contributed by atoms with Crippen LogP contribution in [0.1, 0.15) is 33.1 Å². The Morgan fingerprint density at radius 1 is 1.36 bits per heavy atom. The minimum absolute atomic E-state index is 0.0119. The molecular weight excluding hydrogens is 372 g/mol. The van der Waals surface area contributed by atoms with Gasteiger partial charge in [-0.05, 0) is 44.9 Å². The van der Waals surface area contributed by atoms with Gasteiger partial charge in [-0.25, -0.2) is 18.4 Å². The Labute approximate surface area is 164 Å². The van der Waals surface area contributed by atoms with Crippen LogP contribution < -0.4 is 11.5 Å². The fraction of sp³-hybridized carbons (Fsp3) is 0.579. The number of nitrogens with two attached hydrogens (primary N) is 2. The molecule has 0 fully saturated rings. The number of carbonyl (C=O) groups is 2. The highest BCUT2D eigenvalue weighted by Crippen LogP contribution is 2.31. The second-order valence-electron chi connectivity index (χ2n) is 6.36. The minimum Gasteiger partial charge on any atom is -0.461 e. The van der Waals surface area contributed by atoms with Gasteiger partial charge in [0.1, 0.15) is 18.5 Å². The molecule has 1 rings (SSSR count). The Bertz CT molecular complexity index is 651. The van der Waals surface area contributed by atoms with Crippen molar-refractivity contribution in [1.82, 2.24) is 4.90 Å². The van der Waals surface area contributed by atoms with E-state index in [1.54, 1.807) is 19.9 Å². The summed E-state index contributed by atoms with van der Waals surface area (Å²) in [5.74, 6) is -1.87. The van der Waals surface area contributed by atoms with Crippen molar-refractivity contribution in [3.8, 4) is 0 Å². The highest BCUT2D eigenvalue weighted by atomic mass is 19.1. The molecule has 1 aliphatic rings. The first-order valence-electron chi connectivity index (χ1n) is 9.18. The van der Waals surface area contributed by atoms with Gasteiger partial charge >= 0.3 is 11.9 Å². The van der Waals surface area contributed by atoms with Crippen molar-refractivity contribution in [3.05, 3.63) is 35.8 Å². The second kappa shape index (κ2) is 10.8. The first-order valence-corrected chi connectivity index (χ1v) is 9.18. The Hall–Kier alpha value is -2.42. The summed E-state index contributed by atoms with van der Waals surface area (Å²) >= 11 is 0. The maximum atomic E-state index is 14.4. The third-order valence-corrected chi connectivity index (χ3v) is 4.36. The van der Waals surface area contributed by atoms with Gasteiger partial charge in [-0.3, -0.25) is 0 Å². The smallest absolute Gasteiger partial charge is 0.357 e. The van der Waals surface area contributed by atoms with E-state index >= 15 is 0 Å². The third-order valence-electron chi connectivity index (χ3n) is 4.36. The summed E-state index contributed by atoms with van der Waals surface area (Å²) in [7, 11) is 0. The van der Waals surface area contributed by atoms with Crippen molar-refractivity contribution in [2.24, 2.45) is 11.5 Å². The monoisotopic (exact) mass is 401 g/mol. The second-order valence-corrected chi connectivity index (χ2v) is 6.36. The van der Waals surface area contributed by atoms with Gasteiger partial charge in [-0.15, -0.1) is 0 Å². The number of hydrogen-bond acceptors (Lipinski definition) is 7. The summed E-state index contributed by atoms with van der Waals surface area (Å²) in [6.45, 7) is 5.32. The normalized spacial score (nSPS) is 19.6. The first kappa shape index (κ1) is 23.6. The van der Waals surface area contributed by atoms with Crippen LogP contribution in [0.2, 0.25) is 0 Å². The fourth-order valence-corrected chi connectivity index (χ4v) is 2.99. The van der Waals surface area contributed by atoms with Crippen molar-refractivity contribution in [3.63, 3.8) is 0 Å². The highest BCUT2D eigenvalue weighted by Gasteiger charge is 2.39. The Balaban J connectivity index is 3.34. The zero-order valence-corrected chi connectivity index (χ0v) is 16.4. The summed E-state index contributed by atoms with van der Waals surface area (Å²) < 4.78 is 38.1. The molecule has 0 aromatic carbocycles. The number of halogens is 2. The largest absolute Gasteiger partial charge is 0.461 e. The molecule has 0 heterocycles. The van der Waals surface area contributed by atoms with E-state index < -0.39 is 36.0 Å². The van der Waals surface area contributed by atoms with Crippen molar-refractivity contribution in [2.75, 3.05) is 26.4 Å². The van der Waals surface area contributed by atoms with E-state index in [9.17, 15) is 18.4 Å². The summed E-state index contributed by atoms with van der Waals surface area (Å²) in [6, 6.07) is 0. The topological polar surface area (TPSA) is 108 Å². The fourth-order valence-electron chi connectivity index (χ4n) is 2.99. The van der Waals surface area contributed by atoms with Crippen molar-refractivity contribution >= 4 is 11.9 Å². The lowest BCUT2D eigenvalue weighted by atomic mass is 9.82. The van der Waals surface area contributed by atoms with Gasteiger partial charge in [0.25, 0.3) is 0 Å². The molecule has 1 aliphatic carbocycles. The van der Waals surface area contributed by atoms with E-state index in [2.05, 4.69) is 6.58 Å². The van der Waals surface area contributed by atoms with E-state index in [1.165, 1.54) is 0 Å². The van der Waals surface area contributed by atoms with Crippen LogP contribution >= 0.6 is 0 Å². The molecule has 0 bridgehead atoms. The van der Waals surface area contributed by atoms with E-state index in [4.69, 9.17) is 20.9 Å². The Morgan fingerprint density at radius 2 is 1.96 bits per heavy atom. The maximum absolute atomic E-state index is 14.4. The summed E-state index contributed by atoms with van der Waals surface area (Å²) in [4.78, 5) is 25.6. The number of alkyl halides is 2. The molecule has 0 spiro atoms. The number of nitrogens with zero attached hydrogens (tertiary/aromatic N) is 1. The average Bonchev–Trinajstić information content (AvgIpc) is 2.67. The zero-order chi connectivity index (χ0) is 21.3. The average molecular weight is 401 g/mol. The Kier molecular flexibility index (Phi) is 9.11. The molecule has 0 aromatic heterocycles. The lowest BCUT2D eigenvalue weighted by Crippen LogP contribution is -2.55. The van der Waals surface area contributed by atoms with Crippen molar-refractivity contribution in [1.29, 1.82) is 0 Å². The lowest BCUT2D eigenvalue weighted by molar-refractivity contribution is -0.143. The van der Waals surface area contributed by atoms with Crippen LogP contribution in [-0.4, -0.2) is 55.0 Å². The summed E-state index contributed by atoms with van der Waals surface area (Å²) in [5.41, 5.74) is 9.46. The number of hydrogen-bond donors (Lipinski definition) is 2. The molecule has 28 heavy (non-hydrogen) atoms. The molecule has 0 saturated heterocycles. The molecule has 4 N–H and O–H groups in total. The SMILES string of the molecule is C=CN(CC(N)(CF)C1=CCCC[C@@H]1F)/C(C(=O)OCC)=C(\N)C(=O)OCC. The van der Waals surface area contributed by atoms with Crippen molar-refractivity contribution in [2.45, 2.75) is 44.8 Å². The Morgan fingerprint density at radius 3 is 2.46 bits per heavy atom. The maximum Gasteiger partial charge on any atom is 0.357 e. The number of rotatable bonds is 10. The number of carbonyl (C=O) groups excluding carboxylic acids is 2. The number of ether oxygens (including phenoxy) is 2. The van der Waals surface area contributed by atoms with Gasteiger partial charge in [-0.1, -0.05) is 12.7 Å². The number of allylic oxidation sites excluding steroid dienone is 1. The van der Waals surface area contributed by atoms with Crippen LogP contribution in [-0.2, 0) is 19.1 Å². The number of esters is 2. The first-order chi connectivity index (χ1) is 13.2. The van der Waals surface area contributed by atoms with Gasteiger partial charge in [0.15, 0.2) is 5.70 Å². The van der Waals surface area contributed by atoms with Gasteiger partial charge in [0, 0.05) is 6.54 Å². The molecule has 1 unspecified atom stereocenters. The van der Waals surface area contributed by atoms with Crippen LogP contribution in [0.15, 0.2) is 35.8 Å². The van der Waals surface area contributed by atoms with E-state index in [1.807, 2.05) is 0 Å². The summed E-state index contributed by atoms with van der Waals surface area (Å²) in [6.07, 6.45) is 2.81. The van der Waals surface area contributed by atoms with Crippen LogP contribution in [0.3, 0.4) is 0 Å². The van der Waals surface area contributed by atoms with Crippen LogP contribution in [0.4, 0.5) is 8.78 Å².